The quantitative estimate of drug-likeness (QED) is 0.813. The number of imide groups is 1. The molecule has 2 N–H and O–H groups in total. The first-order valence-corrected chi connectivity index (χ1v) is 6.51. The minimum absolute atomic E-state index is 0.376. The maximum absolute atomic E-state index is 11.7. The van der Waals surface area contributed by atoms with Gasteiger partial charge in [0.05, 0.1) is 10.9 Å². The van der Waals surface area contributed by atoms with Crippen LogP contribution in [-0.4, -0.2) is 28.7 Å². The first-order valence-electron chi connectivity index (χ1n) is 5.63. The third-order valence-corrected chi connectivity index (χ3v) is 3.17. The molecule has 1 aromatic heterocycles. The molecule has 7 heteroatoms. The third kappa shape index (κ3) is 4.06. The van der Waals surface area contributed by atoms with Crippen molar-refractivity contribution in [2.24, 2.45) is 0 Å². The van der Waals surface area contributed by atoms with Crippen LogP contribution in [0, 0.1) is 13.8 Å². The maximum atomic E-state index is 11.7. The van der Waals surface area contributed by atoms with E-state index in [2.05, 4.69) is 15.6 Å². The van der Waals surface area contributed by atoms with Crippen LogP contribution >= 0.6 is 11.8 Å². The Hall–Kier alpha value is -1.50. The molecular formula is C11H17N3O3S. The molecule has 0 bridgehead atoms. The minimum Gasteiger partial charge on any atom is -0.437 e. The number of hydrogen-bond donors (Lipinski definition) is 2. The Labute approximate surface area is 110 Å². The summed E-state index contributed by atoms with van der Waals surface area (Å²) in [5.74, 6) is 0.355. The van der Waals surface area contributed by atoms with Gasteiger partial charge in [-0.25, -0.2) is 9.78 Å². The average Bonchev–Trinajstić information content (AvgIpc) is 2.58. The van der Waals surface area contributed by atoms with Crippen molar-refractivity contribution in [3.63, 3.8) is 0 Å². The molecule has 3 amide bonds. The number of rotatable bonds is 4. The zero-order valence-corrected chi connectivity index (χ0v) is 11.7. The molecule has 1 unspecified atom stereocenters. The molecule has 1 rings (SSSR count). The van der Waals surface area contributed by atoms with Gasteiger partial charge in [-0.15, -0.1) is 0 Å². The van der Waals surface area contributed by atoms with Gasteiger partial charge in [0.2, 0.25) is 5.91 Å². The lowest BCUT2D eigenvalue weighted by Crippen LogP contribution is -2.42. The highest BCUT2D eigenvalue weighted by atomic mass is 32.2. The summed E-state index contributed by atoms with van der Waals surface area (Å²) in [5.41, 5.74) is 0.800. The standard InChI is InChI=1S/C11H17N3O3S/c1-5-12-10(16)14-9(15)8(4)18-11-13-6(2)7(3)17-11/h8H,5H2,1-4H3,(H2,12,14,15,16). The lowest BCUT2D eigenvalue weighted by Gasteiger charge is -2.09. The van der Waals surface area contributed by atoms with Gasteiger partial charge in [0, 0.05) is 6.54 Å². The first kappa shape index (κ1) is 14.6. The topological polar surface area (TPSA) is 84.2 Å². The molecule has 0 radical (unpaired) electrons. The predicted molar refractivity (Wildman–Crippen MR) is 68.5 cm³/mol. The van der Waals surface area contributed by atoms with Gasteiger partial charge < -0.3 is 9.73 Å². The van der Waals surface area contributed by atoms with Crippen LogP contribution in [0.5, 0.6) is 0 Å². The molecule has 0 aliphatic carbocycles. The van der Waals surface area contributed by atoms with Gasteiger partial charge in [-0.3, -0.25) is 10.1 Å². The van der Waals surface area contributed by atoms with E-state index in [4.69, 9.17) is 4.42 Å². The third-order valence-electron chi connectivity index (χ3n) is 2.23. The number of nitrogens with one attached hydrogen (secondary N) is 2. The van der Waals surface area contributed by atoms with Gasteiger partial charge >= 0.3 is 6.03 Å². The second kappa shape index (κ2) is 6.44. The van der Waals surface area contributed by atoms with Crippen molar-refractivity contribution in [1.82, 2.24) is 15.6 Å². The molecule has 0 spiro atoms. The van der Waals surface area contributed by atoms with Crippen molar-refractivity contribution < 1.29 is 14.0 Å². The molecule has 6 nitrogen and oxygen atoms in total. The monoisotopic (exact) mass is 271 g/mol. The van der Waals surface area contributed by atoms with Crippen molar-refractivity contribution in [2.45, 2.75) is 38.2 Å². The van der Waals surface area contributed by atoms with Gasteiger partial charge in [0.15, 0.2) is 0 Å². The fraction of sp³-hybridized carbons (Fsp3) is 0.545. The van der Waals surface area contributed by atoms with Crippen LogP contribution in [-0.2, 0) is 4.79 Å². The number of carbonyl (C=O) groups excluding carboxylic acids is 2. The minimum atomic E-state index is -0.491. The number of aryl methyl sites for hydroxylation is 2. The SMILES string of the molecule is CCNC(=O)NC(=O)C(C)Sc1nc(C)c(C)o1. The Morgan fingerprint density at radius 1 is 1.44 bits per heavy atom. The Kier molecular flexibility index (Phi) is 5.21. The van der Waals surface area contributed by atoms with Crippen LogP contribution in [0.15, 0.2) is 9.64 Å². The zero-order valence-electron chi connectivity index (χ0n) is 10.9. The summed E-state index contributed by atoms with van der Waals surface area (Å²) in [6.45, 7) is 7.58. The van der Waals surface area contributed by atoms with Gasteiger partial charge in [0.1, 0.15) is 5.76 Å². The molecule has 100 valence electrons. The fourth-order valence-corrected chi connectivity index (χ4v) is 1.95. The summed E-state index contributed by atoms with van der Waals surface area (Å²) in [4.78, 5) is 27.0. The number of hydrogen-bond acceptors (Lipinski definition) is 5. The van der Waals surface area contributed by atoms with Crippen molar-refractivity contribution in [3.05, 3.63) is 11.5 Å². The Morgan fingerprint density at radius 2 is 2.11 bits per heavy atom. The number of aromatic nitrogens is 1. The lowest BCUT2D eigenvalue weighted by atomic mass is 10.4. The number of amides is 3. The molecule has 1 atom stereocenters. The molecule has 1 aromatic rings. The molecule has 1 heterocycles. The van der Waals surface area contributed by atoms with Crippen LogP contribution in [0.25, 0.3) is 0 Å². The van der Waals surface area contributed by atoms with Gasteiger partial charge in [-0.2, -0.15) is 0 Å². The van der Waals surface area contributed by atoms with E-state index in [1.54, 1.807) is 13.8 Å². The highest BCUT2D eigenvalue weighted by Crippen LogP contribution is 2.24. The van der Waals surface area contributed by atoms with Crippen molar-refractivity contribution in [3.8, 4) is 0 Å². The van der Waals surface area contributed by atoms with Gasteiger partial charge in [-0.1, -0.05) is 11.8 Å². The number of urea groups is 1. The highest BCUT2D eigenvalue weighted by Gasteiger charge is 2.19. The van der Waals surface area contributed by atoms with Crippen molar-refractivity contribution >= 4 is 23.7 Å². The zero-order chi connectivity index (χ0) is 13.7. The highest BCUT2D eigenvalue weighted by molar-refractivity contribution is 8.00. The molecule has 18 heavy (non-hydrogen) atoms. The van der Waals surface area contributed by atoms with E-state index in [9.17, 15) is 9.59 Å². The van der Waals surface area contributed by atoms with E-state index in [1.165, 1.54) is 11.8 Å². The summed E-state index contributed by atoms with van der Waals surface area (Å²) >= 11 is 1.18. The second-order valence-corrected chi connectivity index (χ2v) is 5.02. The Balaban J connectivity index is 2.52. The molecule has 0 aromatic carbocycles. The molecule has 0 aliphatic rings. The second-order valence-electron chi connectivity index (χ2n) is 3.73. The summed E-state index contributed by atoms with van der Waals surface area (Å²) in [5, 5.41) is 4.71. The first-order chi connectivity index (χ1) is 8.43. The molecular weight excluding hydrogens is 254 g/mol. The maximum Gasteiger partial charge on any atom is 0.321 e. The summed E-state index contributed by atoms with van der Waals surface area (Å²) < 4.78 is 5.36. The van der Waals surface area contributed by atoms with E-state index in [1.807, 2.05) is 13.8 Å². The van der Waals surface area contributed by atoms with Gasteiger partial charge in [-0.05, 0) is 27.7 Å². The van der Waals surface area contributed by atoms with Gasteiger partial charge in [0.25, 0.3) is 5.22 Å². The lowest BCUT2D eigenvalue weighted by molar-refractivity contribution is -0.119. The van der Waals surface area contributed by atoms with Crippen LogP contribution in [0.1, 0.15) is 25.3 Å². The normalized spacial score (nSPS) is 12.0. The van der Waals surface area contributed by atoms with E-state index in [-0.39, 0.29) is 5.91 Å². The van der Waals surface area contributed by atoms with Crippen LogP contribution in [0.3, 0.4) is 0 Å². The molecule has 0 saturated heterocycles. The molecule has 0 saturated carbocycles. The van der Waals surface area contributed by atoms with E-state index in [0.717, 1.165) is 11.5 Å². The number of nitrogens with zero attached hydrogens (tertiary/aromatic N) is 1. The smallest absolute Gasteiger partial charge is 0.321 e. The van der Waals surface area contributed by atoms with E-state index >= 15 is 0 Å². The summed E-state index contributed by atoms with van der Waals surface area (Å²) in [7, 11) is 0. The summed E-state index contributed by atoms with van der Waals surface area (Å²) in [6, 6.07) is -0.491. The van der Waals surface area contributed by atoms with E-state index in [0.29, 0.717) is 11.8 Å². The van der Waals surface area contributed by atoms with Crippen LogP contribution in [0.4, 0.5) is 4.79 Å². The predicted octanol–water partition coefficient (Wildman–Crippen LogP) is 1.62. The molecule has 0 aliphatic heterocycles. The summed E-state index contributed by atoms with van der Waals surface area (Å²) in [6.07, 6.45) is 0. The van der Waals surface area contributed by atoms with Crippen molar-refractivity contribution in [2.75, 3.05) is 6.54 Å². The van der Waals surface area contributed by atoms with Crippen LogP contribution in [0.2, 0.25) is 0 Å². The average molecular weight is 271 g/mol. The largest absolute Gasteiger partial charge is 0.437 e. The van der Waals surface area contributed by atoms with E-state index < -0.39 is 11.3 Å². The molecule has 0 fully saturated rings. The number of oxazole rings is 1. The fourth-order valence-electron chi connectivity index (χ4n) is 1.12. The Morgan fingerprint density at radius 3 is 2.61 bits per heavy atom. The number of thioether (sulfide) groups is 1. The van der Waals surface area contributed by atoms with Crippen LogP contribution < -0.4 is 10.6 Å². The number of carbonyl (C=O) groups is 2. The Bertz CT molecular complexity index is 425. The van der Waals surface area contributed by atoms with Crippen molar-refractivity contribution in [1.29, 1.82) is 0 Å².